The number of halogens is 1. The van der Waals surface area contributed by atoms with Crippen molar-refractivity contribution in [1.82, 2.24) is 14.8 Å². The van der Waals surface area contributed by atoms with E-state index >= 15 is 0 Å². The van der Waals surface area contributed by atoms with Crippen LogP contribution in [-0.2, 0) is 17.8 Å². The van der Waals surface area contributed by atoms with E-state index in [1.54, 1.807) is 36.3 Å². The van der Waals surface area contributed by atoms with Crippen molar-refractivity contribution in [2.45, 2.75) is 31.8 Å². The molecule has 0 unspecified atom stereocenters. The molecular weight excluding hydrogens is 486 g/mol. The topological polar surface area (TPSA) is 65.6 Å². The molecule has 1 aromatic heterocycles. The van der Waals surface area contributed by atoms with Gasteiger partial charge < -0.3 is 19.5 Å². The van der Waals surface area contributed by atoms with E-state index in [2.05, 4.69) is 11.1 Å². The van der Waals surface area contributed by atoms with Gasteiger partial charge in [-0.1, -0.05) is 60.1 Å². The number of amides is 2. The van der Waals surface area contributed by atoms with Gasteiger partial charge in [0.25, 0.3) is 5.91 Å². The fraction of sp³-hybridized carbons (Fsp3) is 0.267. The molecule has 0 atom stereocenters. The summed E-state index contributed by atoms with van der Waals surface area (Å²) >= 11 is 6.32. The van der Waals surface area contributed by atoms with Crippen LogP contribution in [0.2, 0.25) is 5.02 Å². The summed E-state index contributed by atoms with van der Waals surface area (Å²) in [5.41, 5.74) is 3.58. The molecule has 3 aromatic carbocycles. The first kappa shape index (κ1) is 24.9. The minimum absolute atomic E-state index is 0.0117. The van der Waals surface area contributed by atoms with E-state index in [9.17, 15) is 9.59 Å². The third kappa shape index (κ3) is 5.65. The lowest BCUT2D eigenvalue weighted by molar-refractivity contribution is -0.132. The highest BCUT2D eigenvalue weighted by Crippen LogP contribution is 2.30. The van der Waals surface area contributed by atoms with Crippen LogP contribution in [0, 0.1) is 0 Å². The van der Waals surface area contributed by atoms with E-state index in [1.807, 2.05) is 53.6 Å². The predicted octanol–water partition coefficient (Wildman–Crippen LogP) is 5.71. The van der Waals surface area contributed by atoms with Crippen molar-refractivity contribution in [1.29, 1.82) is 0 Å². The number of rotatable bonds is 10. The zero-order chi connectivity index (χ0) is 25.8. The summed E-state index contributed by atoms with van der Waals surface area (Å²) < 4.78 is 5.55. The van der Waals surface area contributed by atoms with E-state index < -0.39 is 0 Å². The quantitative estimate of drug-likeness (QED) is 0.294. The Kier molecular flexibility index (Phi) is 7.47. The Bertz CT molecular complexity index is 1410. The van der Waals surface area contributed by atoms with Crippen molar-refractivity contribution >= 4 is 34.3 Å². The van der Waals surface area contributed by atoms with Gasteiger partial charge in [0.2, 0.25) is 5.91 Å². The molecule has 1 aliphatic carbocycles. The Labute approximate surface area is 221 Å². The van der Waals surface area contributed by atoms with Crippen LogP contribution in [0.3, 0.4) is 0 Å². The smallest absolute Gasteiger partial charge is 0.256 e. The number of benzene rings is 3. The molecule has 0 spiro atoms. The summed E-state index contributed by atoms with van der Waals surface area (Å²) in [7, 11) is 1.63. The molecule has 7 heteroatoms. The molecule has 5 rings (SSSR count). The Morgan fingerprint density at radius 3 is 2.49 bits per heavy atom. The van der Waals surface area contributed by atoms with E-state index in [1.165, 1.54) is 0 Å². The van der Waals surface area contributed by atoms with E-state index in [0.717, 1.165) is 40.6 Å². The third-order valence-corrected chi connectivity index (χ3v) is 7.22. The Morgan fingerprint density at radius 1 is 0.973 bits per heavy atom. The fourth-order valence-corrected chi connectivity index (χ4v) is 4.93. The van der Waals surface area contributed by atoms with E-state index in [4.69, 9.17) is 16.3 Å². The van der Waals surface area contributed by atoms with Gasteiger partial charge in [-0.05, 0) is 49.1 Å². The minimum Gasteiger partial charge on any atom is -0.496 e. The summed E-state index contributed by atoms with van der Waals surface area (Å²) in [6, 6.07) is 23.0. The van der Waals surface area contributed by atoms with Crippen LogP contribution in [0.15, 0.2) is 79.0 Å². The number of fused-ring (bicyclic) bond motifs is 1. The SMILES string of the molecule is COc1ccccc1CN(CCc1c[nH]c2ccccc12)C(=O)CN(C(=O)c1ccccc1Cl)C1CC1. The summed E-state index contributed by atoms with van der Waals surface area (Å²) in [5.74, 6) is 0.437. The first-order chi connectivity index (χ1) is 18.0. The molecule has 2 amide bonds. The molecule has 1 N–H and O–H groups in total. The molecule has 1 aliphatic rings. The van der Waals surface area contributed by atoms with Crippen molar-refractivity contribution in [3.8, 4) is 5.75 Å². The maximum Gasteiger partial charge on any atom is 0.256 e. The Morgan fingerprint density at radius 2 is 1.70 bits per heavy atom. The lowest BCUT2D eigenvalue weighted by Gasteiger charge is -2.28. The second kappa shape index (κ2) is 11.1. The second-order valence-corrected chi connectivity index (χ2v) is 9.79. The summed E-state index contributed by atoms with van der Waals surface area (Å²) in [5, 5.41) is 1.55. The number of hydrogen-bond acceptors (Lipinski definition) is 3. The molecular formula is C30H30ClN3O3. The number of ether oxygens (including phenoxy) is 1. The lowest BCUT2D eigenvalue weighted by atomic mass is 10.1. The maximum absolute atomic E-state index is 13.8. The Balaban J connectivity index is 1.38. The van der Waals surface area contributed by atoms with E-state index in [0.29, 0.717) is 30.1 Å². The molecule has 37 heavy (non-hydrogen) atoms. The van der Waals surface area contributed by atoms with Crippen LogP contribution in [0.1, 0.15) is 34.3 Å². The lowest BCUT2D eigenvalue weighted by Crippen LogP contribution is -2.44. The molecule has 0 bridgehead atoms. The number of carbonyl (C=O) groups excluding carboxylic acids is 2. The number of methoxy groups -OCH3 is 1. The number of para-hydroxylation sites is 2. The van der Waals surface area contributed by atoms with Gasteiger partial charge >= 0.3 is 0 Å². The zero-order valence-corrected chi connectivity index (χ0v) is 21.6. The van der Waals surface area contributed by atoms with Crippen LogP contribution in [0.25, 0.3) is 10.9 Å². The Hall–Kier alpha value is -3.77. The fourth-order valence-electron chi connectivity index (χ4n) is 4.71. The van der Waals surface area contributed by atoms with Gasteiger partial charge in [-0.3, -0.25) is 9.59 Å². The van der Waals surface area contributed by atoms with Gasteiger partial charge in [0, 0.05) is 41.8 Å². The van der Waals surface area contributed by atoms with Crippen molar-refractivity contribution in [2.24, 2.45) is 0 Å². The van der Waals surface area contributed by atoms with Crippen LogP contribution in [-0.4, -0.2) is 52.8 Å². The highest BCUT2D eigenvalue weighted by Gasteiger charge is 2.36. The van der Waals surface area contributed by atoms with Crippen LogP contribution in [0.5, 0.6) is 5.75 Å². The average Bonchev–Trinajstić information content (AvgIpc) is 3.69. The molecule has 190 valence electrons. The maximum atomic E-state index is 13.8. The van der Waals surface area contributed by atoms with E-state index in [-0.39, 0.29) is 24.4 Å². The van der Waals surface area contributed by atoms with Gasteiger partial charge in [-0.15, -0.1) is 0 Å². The predicted molar refractivity (Wildman–Crippen MR) is 146 cm³/mol. The van der Waals surface area contributed by atoms with Crippen molar-refractivity contribution < 1.29 is 14.3 Å². The van der Waals surface area contributed by atoms with Crippen LogP contribution in [0.4, 0.5) is 0 Å². The highest BCUT2D eigenvalue weighted by atomic mass is 35.5. The number of nitrogens with zero attached hydrogens (tertiary/aromatic N) is 2. The minimum atomic E-state index is -0.199. The summed E-state index contributed by atoms with van der Waals surface area (Å²) in [6.07, 6.45) is 4.48. The number of H-pyrrole nitrogens is 1. The zero-order valence-electron chi connectivity index (χ0n) is 20.8. The third-order valence-electron chi connectivity index (χ3n) is 6.89. The van der Waals surface area contributed by atoms with Crippen LogP contribution >= 0.6 is 11.6 Å². The van der Waals surface area contributed by atoms with Crippen molar-refractivity contribution in [2.75, 3.05) is 20.2 Å². The number of aromatic amines is 1. The molecule has 4 aromatic rings. The normalized spacial score (nSPS) is 12.9. The number of carbonyl (C=O) groups is 2. The molecule has 0 saturated heterocycles. The first-order valence-electron chi connectivity index (χ1n) is 12.6. The van der Waals surface area contributed by atoms with Gasteiger partial charge in [-0.25, -0.2) is 0 Å². The average molecular weight is 516 g/mol. The van der Waals surface area contributed by atoms with Crippen molar-refractivity contribution in [3.63, 3.8) is 0 Å². The number of nitrogens with one attached hydrogen (secondary N) is 1. The molecule has 1 fully saturated rings. The van der Waals surface area contributed by atoms with Gasteiger partial charge in [0.15, 0.2) is 0 Å². The summed E-state index contributed by atoms with van der Waals surface area (Å²) in [4.78, 5) is 34.0. The molecule has 0 aliphatic heterocycles. The van der Waals surface area contributed by atoms with Gasteiger partial charge in [-0.2, -0.15) is 0 Å². The van der Waals surface area contributed by atoms with Gasteiger partial charge in [0.1, 0.15) is 12.3 Å². The molecule has 1 heterocycles. The van der Waals surface area contributed by atoms with Crippen LogP contribution < -0.4 is 4.74 Å². The molecule has 6 nitrogen and oxygen atoms in total. The number of hydrogen-bond donors (Lipinski definition) is 1. The monoisotopic (exact) mass is 515 g/mol. The second-order valence-electron chi connectivity index (χ2n) is 9.38. The summed E-state index contributed by atoms with van der Waals surface area (Å²) in [6.45, 7) is 0.916. The standard InChI is InChI=1S/C30H30ClN3O3/c1-37-28-13-7-2-8-22(28)19-33(17-16-21-18-32-27-12-6-4-9-24(21)27)29(35)20-34(23-14-15-23)30(36)25-10-3-5-11-26(25)31/h2-13,18,23,32H,14-17,19-20H2,1H3. The van der Waals surface area contributed by atoms with Gasteiger partial charge in [0.05, 0.1) is 17.7 Å². The largest absolute Gasteiger partial charge is 0.496 e. The molecule has 0 radical (unpaired) electrons. The highest BCUT2D eigenvalue weighted by molar-refractivity contribution is 6.33. The van der Waals surface area contributed by atoms with Crippen molar-refractivity contribution in [3.05, 3.63) is 101 Å². The number of aromatic nitrogens is 1. The first-order valence-corrected chi connectivity index (χ1v) is 12.9. The molecule has 1 saturated carbocycles.